The molecule has 0 aliphatic heterocycles. The minimum atomic E-state index is -1.47. The van der Waals surface area contributed by atoms with E-state index in [1.54, 1.807) is 0 Å². The predicted octanol–water partition coefficient (Wildman–Crippen LogP) is -3.53. The average molecular weight is 277 g/mol. The second kappa shape index (κ2) is 8.00. The number of nitrogens with two attached hydrogens (primary N) is 1. The standard InChI is InChI=1S/C9H15N3O7/c10-4(1-7(15)16)8(17)11-2-6(14)12-5(3-13)9(18)19/h4-5,13H,1-3,10H2,(H,11,17)(H,12,14)(H,15,16)(H,18,19)/t4-,5-/m0/s1. The fourth-order valence-electron chi connectivity index (χ4n) is 1.01. The van der Waals surface area contributed by atoms with Gasteiger partial charge >= 0.3 is 11.9 Å². The van der Waals surface area contributed by atoms with E-state index in [2.05, 4.69) is 0 Å². The summed E-state index contributed by atoms with van der Waals surface area (Å²) in [7, 11) is 0. The molecule has 0 aromatic heterocycles. The third-order valence-electron chi connectivity index (χ3n) is 1.97. The summed E-state index contributed by atoms with van der Waals surface area (Å²) in [4.78, 5) is 43.2. The Morgan fingerprint density at radius 1 is 1.16 bits per heavy atom. The van der Waals surface area contributed by atoms with Crippen LogP contribution in [-0.4, -0.2) is 64.3 Å². The maximum absolute atomic E-state index is 11.2. The van der Waals surface area contributed by atoms with Crippen LogP contribution in [0.4, 0.5) is 0 Å². The van der Waals surface area contributed by atoms with Gasteiger partial charge in [0.1, 0.15) is 6.04 Å². The number of amides is 2. The molecule has 0 bridgehead atoms. The van der Waals surface area contributed by atoms with E-state index < -0.39 is 55.4 Å². The lowest BCUT2D eigenvalue weighted by molar-refractivity contribution is -0.143. The van der Waals surface area contributed by atoms with Crippen molar-refractivity contribution in [3.05, 3.63) is 0 Å². The molecule has 0 aromatic rings. The second-order valence-corrected chi connectivity index (χ2v) is 3.56. The first kappa shape index (κ1) is 16.8. The van der Waals surface area contributed by atoms with Gasteiger partial charge in [-0.2, -0.15) is 0 Å². The molecule has 7 N–H and O–H groups in total. The molecule has 0 radical (unpaired) electrons. The van der Waals surface area contributed by atoms with E-state index in [0.29, 0.717) is 0 Å². The molecule has 0 heterocycles. The normalized spacial score (nSPS) is 13.2. The van der Waals surface area contributed by atoms with Gasteiger partial charge in [-0.25, -0.2) is 4.79 Å². The summed E-state index contributed by atoms with van der Waals surface area (Å²) in [5.74, 6) is -4.39. The van der Waals surface area contributed by atoms with E-state index in [0.717, 1.165) is 0 Å². The number of carboxylic acid groups (broad SMARTS) is 2. The first-order chi connectivity index (χ1) is 8.77. The lowest BCUT2D eigenvalue weighted by Crippen LogP contribution is -2.49. The number of hydrogen-bond acceptors (Lipinski definition) is 6. The molecule has 108 valence electrons. The zero-order chi connectivity index (χ0) is 15.0. The van der Waals surface area contributed by atoms with E-state index in [9.17, 15) is 19.2 Å². The molecule has 0 unspecified atom stereocenters. The van der Waals surface area contributed by atoms with Crippen molar-refractivity contribution >= 4 is 23.8 Å². The number of aliphatic hydroxyl groups excluding tert-OH is 1. The summed E-state index contributed by atoms with van der Waals surface area (Å²) in [6.45, 7) is -1.37. The van der Waals surface area contributed by atoms with E-state index in [1.807, 2.05) is 10.6 Å². The maximum atomic E-state index is 11.2. The maximum Gasteiger partial charge on any atom is 0.328 e. The molecule has 0 rings (SSSR count). The van der Waals surface area contributed by atoms with Gasteiger partial charge < -0.3 is 31.7 Å². The van der Waals surface area contributed by atoms with Gasteiger partial charge in [-0.1, -0.05) is 0 Å². The van der Waals surface area contributed by atoms with Gasteiger partial charge in [-0.15, -0.1) is 0 Å². The zero-order valence-corrected chi connectivity index (χ0v) is 9.83. The molecular formula is C9H15N3O7. The first-order valence-electron chi connectivity index (χ1n) is 5.16. The van der Waals surface area contributed by atoms with Crippen LogP contribution >= 0.6 is 0 Å². The van der Waals surface area contributed by atoms with Gasteiger partial charge in [-0.3, -0.25) is 14.4 Å². The first-order valence-corrected chi connectivity index (χ1v) is 5.16. The van der Waals surface area contributed by atoms with Gasteiger partial charge in [0.15, 0.2) is 0 Å². The van der Waals surface area contributed by atoms with Crippen molar-refractivity contribution in [1.29, 1.82) is 0 Å². The second-order valence-electron chi connectivity index (χ2n) is 3.56. The van der Waals surface area contributed by atoms with Crippen LogP contribution in [0.1, 0.15) is 6.42 Å². The number of carbonyl (C=O) groups is 4. The third-order valence-corrected chi connectivity index (χ3v) is 1.97. The Morgan fingerprint density at radius 3 is 2.16 bits per heavy atom. The molecule has 0 fully saturated rings. The van der Waals surface area contributed by atoms with Crippen LogP contribution in [0.15, 0.2) is 0 Å². The summed E-state index contributed by atoms with van der Waals surface area (Å²) in [5, 5.41) is 29.6. The van der Waals surface area contributed by atoms with Crippen LogP contribution in [0, 0.1) is 0 Å². The number of aliphatic carboxylic acids is 2. The fourth-order valence-corrected chi connectivity index (χ4v) is 1.01. The number of carbonyl (C=O) groups excluding carboxylic acids is 2. The topological polar surface area (TPSA) is 179 Å². The lowest BCUT2D eigenvalue weighted by Gasteiger charge is -2.13. The van der Waals surface area contributed by atoms with Gasteiger partial charge in [0, 0.05) is 0 Å². The highest BCUT2D eigenvalue weighted by atomic mass is 16.4. The van der Waals surface area contributed by atoms with Gasteiger partial charge in [0.25, 0.3) is 0 Å². The van der Waals surface area contributed by atoms with Crippen molar-refractivity contribution in [3.8, 4) is 0 Å². The van der Waals surface area contributed by atoms with Crippen molar-refractivity contribution in [2.75, 3.05) is 13.2 Å². The number of nitrogens with one attached hydrogen (secondary N) is 2. The van der Waals surface area contributed by atoms with Gasteiger partial charge in [0.2, 0.25) is 11.8 Å². The molecule has 0 spiro atoms. The van der Waals surface area contributed by atoms with Crippen LogP contribution in [0.2, 0.25) is 0 Å². The molecule has 0 aromatic carbocycles. The van der Waals surface area contributed by atoms with Gasteiger partial charge in [0.05, 0.1) is 25.6 Å². The highest BCUT2D eigenvalue weighted by Crippen LogP contribution is 1.88. The highest BCUT2D eigenvalue weighted by molar-refractivity contribution is 5.90. The van der Waals surface area contributed by atoms with Crippen molar-refractivity contribution < 1.29 is 34.5 Å². The Bertz CT molecular complexity index is 371. The molecule has 19 heavy (non-hydrogen) atoms. The highest BCUT2D eigenvalue weighted by Gasteiger charge is 2.20. The Kier molecular flexibility index (Phi) is 7.07. The quantitative estimate of drug-likeness (QED) is 0.264. The molecular weight excluding hydrogens is 262 g/mol. The van der Waals surface area contributed by atoms with Crippen molar-refractivity contribution in [2.45, 2.75) is 18.5 Å². The molecule has 10 nitrogen and oxygen atoms in total. The fraction of sp³-hybridized carbons (Fsp3) is 0.556. The Hall–Kier alpha value is -2.20. The minimum Gasteiger partial charge on any atom is -0.481 e. The molecule has 0 saturated carbocycles. The summed E-state index contributed by atoms with van der Waals surface area (Å²) < 4.78 is 0. The summed E-state index contributed by atoms with van der Waals surface area (Å²) >= 11 is 0. The van der Waals surface area contributed by atoms with Crippen molar-refractivity contribution in [1.82, 2.24) is 10.6 Å². The smallest absolute Gasteiger partial charge is 0.328 e. The minimum absolute atomic E-state index is 0.573. The zero-order valence-electron chi connectivity index (χ0n) is 9.83. The molecule has 2 amide bonds. The number of aliphatic hydroxyl groups is 1. The molecule has 0 saturated heterocycles. The van der Waals surface area contributed by atoms with E-state index in [-0.39, 0.29) is 0 Å². The average Bonchev–Trinajstić information content (AvgIpc) is 2.31. The summed E-state index contributed by atoms with van der Waals surface area (Å²) in [5.41, 5.74) is 5.22. The third kappa shape index (κ3) is 6.95. The SMILES string of the molecule is N[C@@H](CC(=O)O)C(=O)NCC(=O)N[C@@H](CO)C(=O)O. The number of rotatable bonds is 8. The molecule has 10 heteroatoms. The van der Waals surface area contributed by atoms with E-state index >= 15 is 0 Å². The van der Waals surface area contributed by atoms with E-state index in [4.69, 9.17) is 21.1 Å². The number of hydrogen-bond donors (Lipinski definition) is 6. The summed E-state index contributed by atoms with van der Waals surface area (Å²) in [6.07, 6.45) is -0.595. The molecule has 0 aliphatic carbocycles. The Morgan fingerprint density at radius 2 is 1.74 bits per heavy atom. The van der Waals surface area contributed by atoms with Crippen LogP contribution in [0.3, 0.4) is 0 Å². The van der Waals surface area contributed by atoms with Crippen molar-refractivity contribution in [2.24, 2.45) is 5.73 Å². The Labute approximate surface area is 107 Å². The molecule has 2 atom stereocenters. The van der Waals surface area contributed by atoms with Gasteiger partial charge in [-0.05, 0) is 0 Å². The van der Waals surface area contributed by atoms with Crippen molar-refractivity contribution in [3.63, 3.8) is 0 Å². The monoisotopic (exact) mass is 277 g/mol. The predicted molar refractivity (Wildman–Crippen MR) is 59.9 cm³/mol. The van der Waals surface area contributed by atoms with Crippen LogP contribution in [-0.2, 0) is 19.2 Å². The summed E-state index contributed by atoms with van der Waals surface area (Å²) in [6, 6.07) is -2.78. The molecule has 0 aliphatic rings. The largest absolute Gasteiger partial charge is 0.481 e. The van der Waals surface area contributed by atoms with Crippen LogP contribution in [0.25, 0.3) is 0 Å². The van der Waals surface area contributed by atoms with Crippen LogP contribution in [0.5, 0.6) is 0 Å². The van der Waals surface area contributed by atoms with Crippen LogP contribution < -0.4 is 16.4 Å². The Balaban J connectivity index is 4.12. The number of carboxylic acids is 2. The van der Waals surface area contributed by atoms with E-state index in [1.165, 1.54) is 0 Å². The lowest BCUT2D eigenvalue weighted by atomic mass is 10.2.